The molecule has 0 aliphatic carbocycles. The van der Waals surface area contributed by atoms with Crippen LogP contribution < -0.4 is 0 Å². The second-order valence-electron chi connectivity index (χ2n) is 6.29. The van der Waals surface area contributed by atoms with Gasteiger partial charge in [-0.15, -0.1) is 6.58 Å². The molecule has 2 heteroatoms. The zero-order valence-corrected chi connectivity index (χ0v) is 11.5. The summed E-state index contributed by atoms with van der Waals surface area (Å²) in [5.74, 6) is 1.39. The second-order valence-corrected chi connectivity index (χ2v) is 6.29. The van der Waals surface area contributed by atoms with Crippen LogP contribution in [-0.4, -0.2) is 35.3 Å². The van der Waals surface area contributed by atoms with E-state index in [9.17, 15) is 5.11 Å². The maximum Gasteiger partial charge on any atom is 0.113 e. The van der Waals surface area contributed by atoms with Crippen molar-refractivity contribution in [3.63, 3.8) is 0 Å². The molecule has 1 aromatic rings. The standard InChI is InChI=1S/C17H24NO/c1-2-15-12-18(11-14-6-4-3-5-7-14)9-8-16(15)10-17(18)13-19/h2-7,15-17,19H,1,8-13H2/q+1/t15-,16?,17+,18?/m0/s1. The quantitative estimate of drug-likeness (QED) is 0.650. The van der Waals surface area contributed by atoms with Crippen LogP contribution in [0.1, 0.15) is 18.4 Å². The van der Waals surface area contributed by atoms with E-state index in [2.05, 4.69) is 43.0 Å². The van der Waals surface area contributed by atoms with Crippen molar-refractivity contribution < 1.29 is 9.59 Å². The molecule has 3 aliphatic heterocycles. The van der Waals surface area contributed by atoms with Gasteiger partial charge in [-0.1, -0.05) is 36.4 Å². The van der Waals surface area contributed by atoms with Crippen LogP contribution >= 0.6 is 0 Å². The molecule has 0 spiro atoms. The van der Waals surface area contributed by atoms with Crippen LogP contribution in [0.2, 0.25) is 0 Å². The third-order valence-corrected chi connectivity index (χ3v) is 5.33. The van der Waals surface area contributed by atoms with Crippen LogP contribution in [0.4, 0.5) is 0 Å². The van der Waals surface area contributed by atoms with E-state index in [-0.39, 0.29) is 0 Å². The number of hydrogen-bond donors (Lipinski definition) is 1. The lowest BCUT2D eigenvalue weighted by molar-refractivity contribution is -0.981. The number of rotatable bonds is 4. The smallest absolute Gasteiger partial charge is 0.113 e. The average Bonchev–Trinajstić information content (AvgIpc) is 2.48. The van der Waals surface area contributed by atoms with Gasteiger partial charge in [0.2, 0.25) is 0 Å². The number of nitrogens with zero attached hydrogens (tertiary/aromatic N) is 1. The molecular formula is C17H24NO+. The van der Waals surface area contributed by atoms with Gasteiger partial charge < -0.3 is 9.59 Å². The van der Waals surface area contributed by atoms with Crippen LogP contribution in [0.3, 0.4) is 0 Å². The molecule has 0 saturated carbocycles. The van der Waals surface area contributed by atoms with Gasteiger partial charge in [0.1, 0.15) is 12.6 Å². The normalized spacial score (nSPS) is 37.2. The second kappa shape index (κ2) is 5.10. The Balaban J connectivity index is 1.87. The van der Waals surface area contributed by atoms with Gasteiger partial charge in [-0.3, -0.25) is 0 Å². The Morgan fingerprint density at radius 3 is 2.79 bits per heavy atom. The molecule has 3 heterocycles. The van der Waals surface area contributed by atoms with Crippen molar-refractivity contribution in [1.82, 2.24) is 0 Å². The molecule has 0 radical (unpaired) electrons. The first kappa shape index (κ1) is 12.9. The fourth-order valence-corrected chi connectivity index (χ4v) is 4.23. The van der Waals surface area contributed by atoms with Crippen molar-refractivity contribution in [3.8, 4) is 0 Å². The van der Waals surface area contributed by atoms with Gasteiger partial charge in [0.05, 0.1) is 19.7 Å². The van der Waals surface area contributed by atoms with E-state index in [4.69, 9.17) is 0 Å². The third-order valence-electron chi connectivity index (χ3n) is 5.33. The fourth-order valence-electron chi connectivity index (χ4n) is 4.23. The predicted molar refractivity (Wildman–Crippen MR) is 77.4 cm³/mol. The first-order chi connectivity index (χ1) is 9.27. The summed E-state index contributed by atoms with van der Waals surface area (Å²) >= 11 is 0. The number of hydrogen-bond acceptors (Lipinski definition) is 1. The van der Waals surface area contributed by atoms with Gasteiger partial charge >= 0.3 is 0 Å². The summed E-state index contributed by atoms with van der Waals surface area (Å²) in [5, 5.41) is 9.77. The highest BCUT2D eigenvalue weighted by Crippen LogP contribution is 2.43. The maximum atomic E-state index is 9.77. The summed E-state index contributed by atoms with van der Waals surface area (Å²) in [6.45, 7) is 7.78. The highest BCUT2D eigenvalue weighted by atomic mass is 16.3. The molecule has 19 heavy (non-hydrogen) atoms. The van der Waals surface area contributed by atoms with Gasteiger partial charge in [0, 0.05) is 24.3 Å². The lowest BCUT2D eigenvalue weighted by atomic mass is 9.73. The van der Waals surface area contributed by atoms with E-state index in [1.54, 1.807) is 0 Å². The predicted octanol–water partition coefficient (Wildman–Crippen LogP) is 2.59. The summed E-state index contributed by atoms with van der Waals surface area (Å²) in [6, 6.07) is 11.2. The molecular weight excluding hydrogens is 234 g/mol. The van der Waals surface area contributed by atoms with Gasteiger partial charge in [0.25, 0.3) is 0 Å². The van der Waals surface area contributed by atoms with E-state index in [1.165, 1.54) is 24.9 Å². The fraction of sp³-hybridized carbons (Fsp3) is 0.529. The van der Waals surface area contributed by atoms with Gasteiger partial charge in [-0.05, 0) is 5.92 Å². The number of aliphatic hydroxyl groups excluding tert-OH is 1. The lowest BCUT2D eigenvalue weighted by Crippen LogP contribution is -2.67. The van der Waals surface area contributed by atoms with Crippen molar-refractivity contribution >= 4 is 0 Å². The number of piperidine rings is 3. The summed E-state index contributed by atoms with van der Waals surface area (Å²) in [4.78, 5) is 0. The topological polar surface area (TPSA) is 20.2 Å². The van der Waals surface area contributed by atoms with Crippen LogP contribution in [0.5, 0.6) is 0 Å². The van der Waals surface area contributed by atoms with Gasteiger partial charge in [-0.25, -0.2) is 0 Å². The third kappa shape index (κ3) is 2.24. The first-order valence-corrected chi connectivity index (χ1v) is 7.40. The van der Waals surface area contributed by atoms with E-state index >= 15 is 0 Å². The molecule has 1 N–H and O–H groups in total. The van der Waals surface area contributed by atoms with E-state index < -0.39 is 0 Å². The van der Waals surface area contributed by atoms with Crippen molar-refractivity contribution in [2.24, 2.45) is 11.8 Å². The maximum absolute atomic E-state index is 9.77. The lowest BCUT2D eigenvalue weighted by Gasteiger charge is -2.56. The number of aliphatic hydroxyl groups is 1. The summed E-state index contributed by atoms with van der Waals surface area (Å²) in [7, 11) is 0. The van der Waals surface area contributed by atoms with Crippen molar-refractivity contribution in [1.29, 1.82) is 0 Å². The Labute approximate surface area is 116 Å². The van der Waals surface area contributed by atoms with Crippen molar-refractivity contribution in [3.05, 3.63) is 48.6 Å². The summed E-state index contributed by atoms with van der Waals surface area (Å²) < 4.78 is 1.06. The van der Waals surface area contributed by atoms with E-state index in [1.807, 2.05) is 0 Å². The minimum atomic E-state index is 0.327. The Kier molecular flexibility index (Phi) is 3.46. The minimum Gasteiger partial charge on any atom is -0.390 e. The van der Waals surface area contributed by atoms with Gasteiger partial charge in [-0.2, -0.15) is 0 Å². The summed E-state index contributed by atoms with van der Waals surface area (Å²) in [5.41, 5.74) is 1.39. The van der Waals surface area contributed by atoms with Crippen LogP contribution in [0.15, 0.2) is 43.0 Å². The average molecular weight is 258 g/mol. The highest BCUT2D eigenvalue weighted by Gasteiger charge is 2.50. The zero-order valence-electron chi connectivity index (χ0n) is 11.5. The zero-order chi connectivity index (χ0) is 13.3. The molecule has 2 unspecified atom stereocenters. The Morgan fingerprint density at radius 2 is 2.11 bits per heavy atom. The minimum absolute atomic E-state index is 0.327. The van der Waals surface area contributed by atoms with Crippen molar-refractivity contribution in [2.75, 3.05) is 19.7 Å². The Morgan fingerprint density at radius 1 is 1.32 bits per heavy atom. The largest absolute Gasteiger partial charge is 0.390 e. The molecule has 1 aromatic carbocycles. The molecule has 0 aromatic heterocycles. The summed E-state index contributed by atoms with van der Waals surface area (Å²) in [6.07, 6.45) is 4.61. The molecule has 2 bridgehead atoms. The van der Waals surface area contributed by atoms with Crippen LogP contribution in [0, 0.1) is 11.8 Å². The molecule has 0 amide bonds. The van der Waals surface area contributed by atoms with Crippen molar-refractivity contribution in [2.45, 2.75) is 25.4 Å². The molecule has 3 saturated heterocycles. The highest BCUT2D eigenvalue weighted by molar-refractivity contribution is 5.14. The first-order valence-electron chi connectivity index (χ1n) is 7.40. The molecule has 102 valence electrons. The molecule has 2 nitrogen and oxygen atoms in total. The molecule has 4 rings (SSSR count). The SMILES string of the molecule is C=C[C@H]1C[N+]2(Cc3ccccc3)CCC1C[C@@H]2CO. The Bertz CT molecular complexity index is 444. The molecule has 3 fully saturated rings. The van der Waals surface area contributed by atoms with Gasteiger partial charge in [0.15, 0.2) is 0 Å². The monoisotopic (exact) mass is 258 g/mol. The van der Waals surface area contributed by atoms with E-state index in [0.717, 1.165) is 23.5 Å². The van der Waals surface area contributed by atoms with Crippen LogP contribution in [-0.2, 0) is 6.54 Å². The molecule has 4 atom stereocenters. The molecule has 3 aliphatic rings. The number of quaternary nitrogens is 1. The number of fused-ring (bicyclic) bond motifs is 3. The van der Waals surface area contributed by atoms with Crippen LogP contribution in [0.25, 0.3) is 0 Å². The Hall–Kier alpha value is -1.12. The van der Waals surface area contributed by atoms with E-state index in [0.29, 0.717) is 18.6 Å². The number of benzene rings is 1.